The molecule has 7 nitrogen and oxygen atoms in total. The van der Waals surface area contributed by atoms with Gasteiger partial charge in [-0.2, -0.15) is 5.10 Å². The maximum absolute atomic E-state index is 13.7. The van der Waals surface area contributed by atoms with E-state index in [1.807, 2.05) is 4.90 Å². The van der Waals surface area contributed by atoms with Crippen LogP contribution in [0.3, 0.4) is 0 Å². The average molecular weight is 585 g/mol. The number of carbonyl (C=O) groups is 2. The molecule has 222 valence electrons. The number of hydrogen-bond acceptors (Lipinski definition) is 4. The third-order valence-electron chi connectivity index (χ3n) is 10.0. The summed E-state index contributed by atoms with van der Waals surface area (Å²) in [5, 5.41) is 8.19. The summed E-state index contributed by atoms with van der Waals surface area (Å²) >= 11 is 0. The van der Waals surface area contributed by atoms with Crippen LogP contribution in [0, 0.1) is 19.8 Å². The number of halogens is 2. The van der Waals surface area contributed by atoms with Crippen LogP contribution in [0.15, 0.2) is 0 Å². The third kappa shape index (κ3) is 6.62. The van der Waals surface area contributed by atoms with Gasteiger partial charge in [-0.15, -0.1) is 24.8 Å². The zero-order valence-electron chi connectivity index (χ0n) is 24.4. The second-order valence-electron chi connectivity index (χ2n) is 12.4. The van der Waals surface area contributed by atoms with Gasteiger partial charge in [-0.05, 0) is 58.3 Å². The summed E-state index contributed by atoms with van der Waals surface area (Å²) in [5.41, 5.74) is 3.13. The van der Waals surface area contributed by atoms with Crippen molar-refractivity contribution in [3.8, 4) is 0 Å². The quantitative estimate of drug-likeness (QED) is 0.434. The number of aromatic nitrogens is 2. The van der Waals surface area contributed by atoms with E-state index < -0.39 is 5.54 Å². The maximum Gasteiger partial charge on any atom is 0.246 e. The Morgan fingerprint density at radius 1 is 0.923 bits per heavy atom. The SMILES string of the molecule is CCCN1C(=O)[C@H](CC2CCCCC2)NC(=O)C12CCN(Cc1c(C)nn(C3CCCCC3)c1C)CC2.Cl.Cl. The van der Waals surface area contributed by atoms with Gasteiger partial charge in [0, 0.05) is 37.4 Å². The van der Waals surface area contributed by atoms with Crippen LogP contribution >= 0.6 is 24.8 Å². The molecule has 4 aliphatic rings. The maximum atomic E-state index is 13.7. The fourth-order valence-electron chi connectivity index (χ4n) is 7.75. The number of amides is 2. The molecule has 2 saturated carbocycles. The molecule has 1 aromatic rings. The molecule has 39 heavy (non-hydrogen) atoms. The number of piperazine rings is 1. The van der Waals surface area contributed by atoms with Gasteiger partial charge < -0.3 is 10.2 Å². The van der Waals surface area contributed by atoms with Crippen molar-refractivity contribution in [1.82, 2.24) is 24.9 Å². The first-order valence-electron chi connectivity index (χ1n) is 15.3. The van der Waals surface area contributed by atoms with E-state index in [0.29, 0.717) is 18.5 Å². The average Bonchev–Trinajstić information content (AvgIpc) is 3.20. The van der Waals surface area contributed by atoms with Gasteiger partial charge in [-0.1, -0.05) is 58.3 Å². The lowest BCUT2D eigenvalue weighted by molar-refractivity contribution is -0.162. The molecule has 0 unspecified atom stereocenters. The molecule has 1 aromatic heterocycles. The van der Waals surface area contributed by atoms with Crippen molar-refractivity contribution < 1.29 is 9.59 Å². The van der Waals surface area contributed by atoms with E-state index in [2.05, 4.69) is 35.7 Å². The Balaban J connectivity index is 0.00000210. The van der Waals surface area contributed by atoms with Crippen molar-refractivity contribution in [1.29, 1.82) is 0 Å². The van der Waals surface area contributed by atoms with Gasteiger partial charge >= 0.3 is 0 Å². The van der Waals surface area contributed by atoms with Crippen LogP contribution in [0.1, 0.15) is 120 Å². The van der Waals surface area contributed by atoms with Crippen LogP contribution in [0.5, 0.6) is 0 Å². The molecule has 0 bridgehead atoms. The van der Waals surface area contributed by atoms with Gasteiger partial charge in [0.25, 0.3) is 0 Å². The second kappa shape index (κ2) is 14.0. The minimum Gasteiger partial charge on any atom is -0.342 e. The highest BCUT2D eigenvalue weighted by molar-refractivity contribution is 6.00. The van der Waals surface area contributed by atoms with E-state index in [0.717, 1.165) is 51.0 Å². The molecule has 1 N–H and O–H groups in total. The van der Waals surface area contributed by atoms with E-state index in [4.69, 9.17) is 5.10 Å². The van der Waals surface area contributed by atoms with E-state index in [1.165, 1.54) is 75.5 Å². The molecule has 2 aliphatic heterocycles. The Bertz CT molecular complexity index is 963. The van der Waals surface area contributed by atoms with Gasteiger partial charge in [0.1, 0.15) is 11.6 Å². The van der Waals surface area contributed by atoms with Crippen molar-refractivity contribution in [2.24, 2.45) is 5.92 Å². The van der Waals surface area contributed by atoms with Gasteiger partial charge in [0.2, 0.25) is 11.8 Å². The first-order chi connectivity index (χ1) is 17.9. The summed E-state index contributed by atoms with van der Waals surface area (Å²) in [6.45, 7) is 9.74. The third-order valence-corrected chi connectivity index (χ3v) is 10.0. The second-order valence-corrected chi connectivity index (χ2v) is 12.4. The number of aryl methyl sites for hydroxylation is 1. The highest BCUT2D eigenvalue weighted by Crippen LogP contribution is 2.37. The van der Waals surface area contributed by atoms with Crippen LogP contribution in [-0.2, 0) is 16.1 Å². The first-order valence-corrected chi connectivity index (χ1v) is 15.3. The Morgan fingerprint density at radius 3 is 2.15 bits per heavy atom. The van der Waals surface area contributed by atoms with Gasteiger partial charge in [0.15, 0.2) is 0 Å². The molecule has 0 aromatic carbocycles. The monoisotopic (exact) mass is 583 g/mol. The number of hydrogen-bond donors (Lipinski definition) is 1. The summed E-state index contributed by atoms with van der Waals surface area (Å²) in [5.74, 6) is 0.836. The molecule has 2 saturated heterocycles. The summed E-state index contributed by atoms with van der Waals surface area (Å²) in [7, 11) is 0. The van der Waals surface area contributed by atoms with E-state index >= 15 is 0 Å². The predicted octanol–water partition coefficient (Wildman–Crippen LogP) is 5.89. The molecule has 1 spiro atoms. The highest BCUT2D eigenvalue weighted by atomic mass is 35.5. The first kappa shape index (κ1) is 32.2. The number of nitrogens with one attached hydrogen (secondary N) is 1. The fourth-order valence-corrected chi connectivity index (χ4v) is 7.75. The summed E-state index contributed by atoms with van der Waals surface area (Å²) < 4.78 is 2.30. The Kier molecular flexibility index (Phi) is 11.6. The van der Waals surface area contributed by atoms with Crippen molar-refractivity contribution in [3.05, 3.63) is 17.0 Å². The molecule has 5 rings (SSSR count). The van der Waals surface area contributed by atoms with Crippen LogP contribution in [0.2, 0.25) is 0 Å². The highest BCUT2D eigenvalue weighted by Gasteiger charge is 2.53. The predicted molar refractivity (Wildman–Crippen MR) is 161 cm³/mol. The lowest BCUT2D eigenvalue weighted by Crippen LogP contribution is -2.73. The topological polar surface area (TPSA) is 70.5 Å². The van der Waals surface area contributed by atoms with Crippen LogP contribution in [0.4, 0.5) is 0 Å². The molecular formula is C30H51Cl2N5O2. The van der Waals surface area contributed by atoms with Crippen molar-refractivity contribution in [2.75, 3.05) is 19.6 Å². The van der Waals surface area contributed by atoms with Crippen molar-refractivity contribution >= 4 is 36.6 Å². The molecule has 3 heterocycles. The van der Waals surface area contributed by atoms with Crippen molar-refractivity contribution in [3.63, 3.8) is 0 Å². The Labute approximate surface area is 248 Å². The van der Waals surface area contributed by atoms with E-state index in [9.17, 15) is 9.59 Å². The van der Waals surface area contributed by atoms with Gasteiger partial charge in [0.05, 0.1) is 11.7 Å². The number of nitrogens with zero attached hydrogens (tertiary/aromatic N) is 4. The van der Waals surface area contributed by atoms with Crippen LogP contribution < -0.4 is 5.32 Å². The molecule has 4 fully saturated rings. The lowest BCUT2D eigenvalue weighted by atomic mass is 9.79. The Hall–Kier alpha value is -1.31. The zero-order valence-corrected chi connectivity index (χ0v) is 26.0. The van der Waals surface area contributed by atoms with Crippen LogP contribution in [0.25, 0.3) is 0 Å². The minimum atomic E-state index is -0.678. The van der Waals surface area contributed by atoms with Crippen molar-refractivity contribution in [2.45, 2.75) is 135 Å². The standard InChI is InChI=1S/C30H49N5O2.2ClH/c1-4-17-34-28(36)27(20-24-11-7-5-8-12-24)31-29(37)30(34)15-18-33(19-16-30)21-26-22(2)32-35(23(26)3)25-13-9-6-10-14-25;;/h24-25,27H,4-21H2,1-3H3,(H,31,37);2*1H/t27-;;/m0../s1. The minimum absolute atomic E-state index is 0. The lowest BCUT2D eigenvalue weighted by Gasteiger charge is -2.52. The smallest absolute Gasteiger partial charge is 0.246 e. The molecular weight excluding hydrogens is 533 g/mol. The summed E-state index contributed by atoms with van der Waals surface area (Å²) in [4.78, 5) is 31.8. The normalized spacial score (nSPS) is 24.8. The fraction of sp³-hybridized carbons (Fsp3) is 0.833. The van der Waals surface area contributed by atoms with E-state index in [1.54, 1.807) is 0 Å². The molecule has 0 radical (unpaired) electrons. The molecule has 1 atom stereocenters. The summed E-state index contributed by atoms with van der Waals surface area (Å²) in [6.07, 6.45) is 15.8. The number of rotatable bonds is 7. The van der Waals surface area contributed by atoms with E-state index in [-0.39, 0.29) is 42.7 Å². The summed E-state index contributed by atoms with van der Waals surface area (Å²) in [6, 6.07) is 0.216. The number of carbonyl (C=O) groups excluding carboxylic acids is 2. The number of piperidine rings is 1. The zero-order chi connectivity index (χ0) is 26.0. The largest absolute Gasteiger partial charge is 0.342 e. The van der Waals surface area contributed by atoms with Crippen LogP contribution in [-0.4, -0.2) is 62.6 Å². The molecule has 2 amide bonds. The Morgan fingerprint density at radius 2 is 1.54 bits per heavy atom. The van der Waals surface area contributed by atoms with Gasteiger partial charge in [-0.3, -0.25) is 19.2 Å². The molecule has 2 aliphatic carbocycles. The number of likely N-dealkylation sites (tertiary alicyclic amines) is 1. The molecule has 9 heteroatoms. The van der Waals surface area contributed by atoms with Gasteiger partial charge in [-0.25, -0.2) is 0 Å².